The first-order valence-corrected chi connectivity index (χ1v) is 8.88. The topological polar surface area (TPSA) is 38.8 Å². The Hall–Kier alpha value is -2.23. The molecule has 0 saturated heterocycles. The van der Waals surface area contributed by atoms with Crippen LogP contribution >= 0.6 is 0 Å². The molecule has 0 heterocycles. The van der Waals surface area contributed by atoms with E-state index in [1.54, 1.807) is 7.11 Å². The molecule has 1 aliphatic carbocycles. The van der Waals surface area contributed by atoms with Crippen molar-refractivity contribution < 1.29 is 14.3 Å². The van der Waals surface area contributed by atoms with Crippen LogP contribution in [-0.2, 0) is 4.74 Å². The second-order valence-corrected chi connectivity index (χ2v) is 7.74. The van der Waals surface area contributed by atoms with Gasteiger partial charge in [-0.05, 0) is 63.6 Å². The zero-order valence-electron chi connectivity index (χ0n) is 15.7. The van der Waals surface area contributed by atoms with Gasteiger partial charge >= 0.3 is 6.09 Å². The molecule has 0 aromatic heterocycles. The maximum atomic E-state index is 12.7. The molecule has 0 aliphatic heterocycles. The fourth-order valence-electron chi connectivity index (χ4n) is 3.16. The van der Waals surface area contributed by atoms with Gasteiger partial charge in [-0.2, -0.15) is 0 Å². The van der Waals surface area contributed by atoms with Gasteiger partial charge in [0.15, 0.2) is 0 Å². The van der Waals surface area contributed by atoms with Crippen LogP contribution in [-0.4, -0.2) is 29.7 Å². The molecule has 1 saturated carbocycles. The molecule has 4 heteroatoms. The second-order valence-electron chi connectivity index (χ2n) is 7.74. The third-order valence-corrected chi connectivity index (χ3v) is 4.51. The van der Waals surface area contributed by atoms with E-state index < -0.39 is 5.60 Å². The number of amides is 1. The molecule has 25 heavy (non-hydrogen) atoms. The molecule has 2 aromatic carbocycles. The summed E-state index contributed by atoms with van der Waals surface area (Å²) < 4.78 is 11.2. The number of fused-ring (bicyclic) bond motifs is 1. The van der Waals surface area contributed by atoms with Crippen LogP contribution in [0.1, 0.15) is 52.1 Å². The summed E-state index contributed by atoms with van der Waals surface area (Å²) in [5, 5.41) is 2.19. The Balaban J connectivity index is 1.96. The van der Waals surface area contributed by atoms with Crippen LogP contribution in [0.5, 0.6) is 5.75 Å². The Morgan fingerprint density at radius 2 is 1.88 bits per heavy atom. The predicted octanol–water partition coefficient (Wildman–Crippen LogP) is 5.31. The van der Waals surface area contributed by atoms with Crippen LogP contribution in [0.2, 0.25) is 0 Å². The van der Waals surface area contributed by atoms with Gasteiger partial charge in [0.25, 0.3) is 0 Å². The molecule has 134 valence electrons. The van der Waals surface area contributed by atoms with Gasteiger partial charge in [-0.15, -0.1) is 0 Å². The summed E-state index contributed by atoms with van der Waals surface area (Å²) in [6, 6.07) is 12.5. The number of methoxy groups -OCH3 is 1. The number of hydrogen-bond donors (Lipinski definition) is 0. The number of rotatable bonds is 4. The van der Waals surface area contributed by atoms with Crippen molar-refractivity contribution in [2.75, 3.05) is 7.11 Å². The summed E-state index contributed by atoms with van der Waals surface area (Å²) in [5.41, 5.74) is 0.568. The molecule has 1 unspecified atom stereocenters. The lowest BCUT2D eigenvalue weighted by Crippen LogP contribution is -2.39. The molecule has 1 atom stereocenters. The second kappa shape index (κ2) is 6.58. The zero-order valence-corrected chi connectivity index (χ0v) is 15.7. The van der Waals surface area contributed by atoms with Gasteiger partial charge in [-0.25, -0.2) is 4.79 Å². The summed E-state index contributed by atoms with van der Waals surface area (Å²) in [6.07, 6.45) is 1.83. The van der Waals surface area contributed by atoms with Gasteiger partial charge < -0.3 is 9.47 Å². The molecule has 4 nitrogen and oxygen atoms in total. The normalized spacial score (nSPS) is 15.7. The average molecular weight is 341 g/mol. The van der Waals surface area contributed by atoms with E-state index in [2.05, 4.69) is 25.1 Å². The van der Waals surface area contributed by atoms with E-state index in [0.29, 0.717) is 0 Å². The zero-order chi connectivity index (χ0) is 18.2. The Labute approximate surface area is 149 Å². The maximum Gasteiger partial charge on any atom is 0.411 e. The lowest BCUT2D eigenvalue weighted by atomic mass is 10.0. The van der Waals surface area contributed by atoms with Gasteiger partial charge in [0, 0.05) is 11.4 Å². The summed E-state index contributed by atoms with van der Waals surface area (Å²) in [6.45, 7) is 7.77. The van der Waals surface area contributed by atoms with Gasteiger partial charge in [0.1, 0.15) is 11.4 Å². The lowest BCUT2D eigenvalue weighted by Gasteiger charge is -2.32. The van der Waals surface area contributed by atoms with Crippen LogP contribution < -0.4 is 4.74 Å². The van der Waals surface area contributed by atoms with Gasteiger partial charge in [-0.3, -0.25) is 4.90 Å². The number of carbonyl (C=O) groups excluding carboxylic acids is 1. The van der Waals surface area contributed by atoms with Crippen molar-refractivity contribution in [3.05, 3.63) is 42.0 Å². The third-order valence-electron chi connectivity index (χ3n) is 4.51. The molecular formula is C21H27NO3. The molecule has 0 radical (unpaired) electrons. The van der Waals surface area contributed by atoms with Crippen LogP contribution in [0.4, 0.5) is 4.79 Å². The summed E-state index contributed by atoms with van der Waals surface area (Å²) in [4.78, 5) is 14.6. The average Bonchev–Trinajstić information content (AvgIpc) is 3.36. The molecule has 2 aromatic rings. The van der Waals surface area contributed by atoms with E-state index in [1.165, 1.54) is 0 Å². The molecule has 0 N–H and O–H groups in total. The number of carbonyl (C=O) groups is 1. The van der Waals surface area contributed by atoms with Gasteiger partial charge in [0.05, 0.1) is 13.2 Å². The Kier molecular flexibility index (Phi) is 4.63. The summed E-state index contributed by atoms with van der Waals surface area (Å²) in [5.74, 6) is 0.833. The molecule has 1 amide bonds. The minimum Gasteiger partial charge on any atom is -0.496 e. The standard InChI is InChI=1S/C21H27NO3/c1-14(22(17-10-11-17)20(23)25-21(2,3)4)16-12-15-8-6-7-9-18(15)19(13-16)24-5/h6-9,12-14,17H,10-11H2,1-5H3. The molecule has 0 bridgehead atoms. The van der Waals surface area contributed by atoms with E-state index in [0.717, 1.165) is 34.9 Å². The van der Waals surface area contributed by atoms with Crippen LogP contribution in [0.3, 0.4) is 0 Å². The van der Waals surface area contributed by atoms with Crippen molar-refractivity contribution in [3.8, 4) is 5.75 Å². The van der Waals surface area contributed by atoms with E-state index in [4.69, 9.17) is 9.47 Å². The van der Waals surface area contributed by atoms with Crippen molar-refractivity contribution >= 4 is 16.9 Å². The Morgan fingerprint density at radius 3 is 2.48 bits per heavy atom. The van der Waals surface area contributed by atoms with Gasteiger partial charge in [0.2, 0.25) is 0 Å². The monoisotopic (exact) mass is 341 g/mol. The highest BCUT2D eigenvalue weighted by atomic mass is 16.6. The van der Waals surface area contributed by atoms with E-state index in [1.807, 2.05) is 43.9 Å². The Morgan fingerprint density at radius 1 is 1.20 bits per heavy atom. The van der Waals surface area contributed by atoms with Crippen molar-refractivity contribution in [1.29, 1.82) is 0 Å². The first kappa shape index (κ1) is 17.6. The largest absolute Gasteiger partial charge is 0.496 e. The highest BCUT2D eigenvalue weighted by Gasteiger charge is 2.38. The molecule has 3 rings (SSSR count). The molecule has 0 spiro atoms. The SMILES string of the molecule is COc1cc(C(C)N(C(=O)OC(C)(C)C)C2CC2)cc2ccccc12. The fourth-order valence-corrected chi connectivity index (χ4v) is 3.16. The highest BCUT2D eigenvalue weighted by molar-refractivity contribution is 5.89. The van der Waals surface area contributed by atoms with E-state index >= 15 is 0 Å². The number of benzene rings is 2. The quantitative estimate of drug-likeness (QED) is 0.756. The van der Waals surface area contributed by atoms with Crippen LogP contribution in [0.15, 0.2) is 36.4 Å². The van der Waals surface area contributed by atoms with E-state index in [9.17, 15) is 4.79 Å². The third kappa shape index (κ3) is 3.89. The molecule has 1 aliphatic rings. The highest BCUT2D eigenvalue weighted by Crippen LogP contribution is 2.38. The van der Waals surface area contributed by atoms with Crippen LogP contribution in [0.25, 0.3) is 10.8 Å². The fraction of sp³-hybridized carbons (Fsp3) is 0.476. The van der Waals surface area contributed by atoms with Crippen molar-refractivity contribution in [2.45, 2.75) is 58.2 Å². The van der Waals surface area contributed by atoms with Crippen molar-refractivity contribution in [1.82, 2.24) is 4.90 Å². The van der Waals surface area contributed by atoms with Gasteiger partial charge in [-0.1, -0.05) is 24.3 Å². The summed E-state index contributed by atoms with van der Waals surface area (Å²) >= 11 is 0. The smallest absolute Gasteiger partial charge is 0.411 e. The minimum absolute atomic E-state index is 0.0687. The molecule has 1 fully saturated rings. The Bertz CT molecular complexity index is 774. The number of hydrogen-bond acceptors (Lipinski definition) is 3. The molecular weight excluding hydrogens is 314 g/mol. The lowest BCUT2D eigenvalue weighted by molar-refractivity contribution is 0.0153. The van der Waals surface area contributed by atoms with Crippen molar-refractivity contribution in [2.24, 2.45) is 0 Å². The predicted molar refractivity (Wildman–Crippen MR) is 100 cm³/mol. The first-order chi connectivity index (χ1) is 11.8. The number of ether oxygens (including phenoxy) is 2. The summed E-state index contributed by atoms with van der Waals surface area (Å²) in [7, 11) is 1.68. The minimum atomic E-state index is -0.495. The number of nitrogens with zero attached hydrogens (tertiary/aromatic N) is 1. The first-order valence-electron chi connectivity index (χ1n) is 8.88. The van der Waals surface area contributed by atoms with Crippen molar-refractivity contribution in [3.63, 3.8) is 0 Å². The van der Waals surface area contributed by atoms with Crippen LogP contribution in [0, 0.1) is 0 Å². The maximum absolute atomic E-state index is 12.7. The van der Waals surface area contributed by atoms with E-state index in [-0.39, 0.29) is 18.2 Å².